The third kappa shape index (κ3) is 4.43. The highest BCUT2D eigenvalue weighted by Gasteiger charge is 2.28. The predicted octanol–water partition coefficient (Wildman–Crippen LogP) is 2.37. The molecule has 6 rings (SSSR count). The van der Waals surface area contributed by atoms with Crippen molar-refractivity contribution in [3.05, 3.63) is 54.7 Å². The first-order chi connectivity index (χ1) is 18.5. The number of piperidine rings is 1. The van der Waals surface area contributed by atoms with Gasteiger partial charge in [0.1, 0.15) is 11.9 Å². The molecule has 2 aliphatic rings. The topological polar surface area (TPSA) is 119 Å². The molecule has 0 spiro atoms. The second-order valence-electron chi connectivity index (χ2n) is 9.89. The number of amides is 2. The van der Waals surface area contributed by atoms with E-state index in [4.69, 9.17) is 4.98 Å². The van der Waals surface area contributed by atoms with Crippen LogP contribution in [0.3, 0.4) is 0 Å². The van der Waals surface area contributed by atoms with Gasteiger partial charge in [0.05, 0.1) is 29.6 Å². The van der Waals surface area contributed by atoms with E-state index in [0.717, 1.165) is 33.6 Å². The van der Waals surface area contributed by atoms with E-state index in [1.165, 1.54) is 0 Å². The van der Waals surface area contributed by atoms with Gasteiger partial charge < -0.3 is 19.8 Å². The standard InChI is InChI=1S/C27H29N9O2/c1-32-17-22(16-30-32)20-12-24(26-21(13-28)15-31-36(26)18-20)19-2-3-25(29-14-19)33-8-10-35(11-9-33)27(38)34-6-4-23(37)5-7-34/h2-3,12,14-18,23,37H,4-11H2,1H3. The van der Waals surface area contributed by atoms with Crippen LogP contribution in [0.1, 0.15) is 18.4 Å². The molecule has 0 atom stereocenters. The normalized spacial score (nSPS) is 16.7. The molecule has 0 bridgehead atoms. The molecule has 2 saturated heterocycles. The molecule has 11 nitrogen and oxygen atoms in total. The molecule has 4 aromatic heterocycles. The first-order valence-electron chi connectivity index (χ1n) is 12.8. The van der Waals surface area contributed by atoms with Gasteiger partial charge in [-0.1, -0.05) is 0 Å². The molecule has 0 aromatic carbocycles. The van der Waals surface area contributed by atoms with Crippen molar-refractivity contribution in [3.8, 4) is 28.3 Å². The first-order valence-corrected chi connectivity index (χ1v) is 12.8. The van der Waals surface area contributed by atoms with Gasteiger partial charge in [-0.05, 0) is 31.0 Å². The number of carbonyl (C=O) groups excluding carboxylic acids is 1. The maximum Gasteiger partial charge on any atom is 0.320 e. The van der Waals surface area contributed by atoms with E-state index in [-0.39, 0.29) is 12.1 Å². The maximum absolute atomic E-state index is 12.9. The van der Waals surface area contributed by atoms with E-state index in [0.29, 0.717) is 57.7 Å². The van der Waals surface area contributed by atoms with Crippen LogP contribution >= 0.6 is 0 Å². The summed E-state index contributed by atoms with van der Waals surface area (Å²) >= 11 is 0. The number of likely N-dealkylation sites (tertiary alicyclic amines) is 1. The molecule has 194 valence electrons. The number of hydrogen-bond donors (Lipinski definition) is 1. The van der Waals surface area contributed by atoms with Crippen molar-refractivity contribution in [2.24, 2.45) is 7.05 Å². The highest BCUT2D eigenvalue weighted by atomic mass is 16.3. The average Bonchev–Trinajstić information content (AvgIpc) is 3.59. The number of rotatable bonds is 3. The Labute approximate surface area is 220 Å². The Kier molecular flexibility index (Phi) is 6.17. The monoisotopic (exact) mass is 511 g/mol. The highest BCUT2D eigenvalue weighted by Crippen LogP contribution is 2.32. The van der Waals surface area contributed by atoms with Gasteiger partial charge in [0.15, 0.2) is 0 Å². The minimum atomic E-state index is -0.292. The molecule has 0 aliphatic carbocycles. The van der Waals surface area contributed by atoms with E-state index in [9.17, 15) is 15.2 Å². The number of anilines is 1. The number of fused-ring (bicyclic) bond motifs is 1. The lowest BCUT2D eigenvalue weighted by Crippen LogP contribution is -2.54. The zero-order valence-corrected chi connectivity index (χ0v) is 21.2. The van der Waals surface area contributed by atoms with Crippen LogP contribution in [0.15, 0.2) is 49.2 Å². The van der Waals surface area contributed by atoms with E-state index >= 15 is 0 Å². The Morgan fingerprint density at radius 3 is 2.37 bits per heavy atom. The molecule has 1 N–H and O–H groups in total. The highest BCUT2D eigenvalue weighted by molar-refractivity contribution is 5.87. The number of urea groups is 1. The van der Waals surface area contributed by atoms with Crippen LogP contribution in [0.5, 0.6) is 0 Å². The van der Waals surface area contributed by atoms with Crippen molar-refractivity contribution in [2.75, 3.05) is 44.2 Å². The van der Waals surface area contributed by atoms with Crippen molar-refractivity contribution in [1.82, 2.24) is 34.2 Å². The number of aromatic nitrogens is 5. The Balaban J connectivity index is 1.21. The molecule has 2 fully saturated rings. The predicted molar refractivity (Wildman–Crippen MR) is 141 cm³/mol. The summed E-state index contributed by atoms with van der Waals surface area (Å²) in [7, 11) is 1.88. The number of hydrogen-bond acceptors (Lipinski definition) is 7. The van der Waals surface area contributed by atoms with Crippen LogP contribution < -0.4 is 4.90 Å². The summed E-state index contributed by atoms with van der Waals surface area (Å²) in [6.45, 7) is 3.91. The lowest BCUT2D eigenvalue weighted by atomic mass is 10.0. The number of aliphatic hydroxyl groups is 1. The third-order valence-corrected chi connectivity index (χ3v) is 7.44. The largest absolute Gasteiger partial charge is 0.393 e. The second-order valence-corrected chi connectivity index (χ2v) is 9.89. The molecular weight excluding hydrogens is 482 g/mol. The van der Waals surface area contributed by atoms with Crippen molar-refractivity contribution in [3.63, 3.8) is 0 Å². The SMILES string of the molecule is Cn1cc(-c2cc(-c3ccc(N4CCN(C(=O)N5CCC(O)CC5)CC4)nc3)c3c(C#N)cnn3c2)cn1. The summed E-state index contributed by atoms with van der Waals surface area (Å²) in [5.41, 5.74) is 4.92. The van der Waals surface area contributed by atoms with Gasteiger partial charge in [0, 0.05) is 87.2 Å². The van der Waals surface area contributed by atoms with Crippen LogP contribution in [0.2, 0.25) is 0 Å². The lowest BCUT2D eigenvalue weighted by molar-refractivity contribution is 0.0805. The summed E-state index contributed by atoms with van der Waals surface area (Å²) in [4.78, 5) is 23.6. The number of aryl methyl sites for hydroxylation is 1. The van der Waals surface area contributed by atoms with Gasteiger partial charge in [-0.25, -0.2) is 14.3 Å². The summed E-state index contributed by atoms with van der Waals surface area (Å²) in [6, 6.07) is 8.38. The third-order valence-electron chi connectivity index (χ3n) is 7.44. The molecule has 2 amide bonds. The molecule has 2 aliphatic heterocycles. The van der Waals surface area contributed by atoms with Gasteiger partial charge in [-0.2, -0.15) is 15.5 Å². The number of nitrogens with zero attached hydrogens (tertiary/aromatic N) is 9. The van der Waals surface area contributed by atoms with Crippen LogP contribution in [0, 0.1) is 11.3 Å². The van der Waals surface area contributed by atoms with E-state index in [1.54, 1.807) is 21.6 Å². The number of nitriles is 1. The minimum absolute atomic E-state index is 0.0616. The fourth-order valence-corrected chi connectivity index (χ4v) is 5.27. The zero-order chi connectivity index (χ0) is 26.2. The Hall–Kier alpha value is -4.43. The van der Waals surface area contributed by atoms with Crippen molar-refractivity contribution >= 4 is 17.4 Å². The molecule has 0 saturated carbocycles. The lowest BCUT2D eigenvalue weighted by Gasteiger charge is -2.39. The smallest absolute Gasteiger partial charge is 0.320 e. The number of aliphatic hydroxyl groups excluding tert-OH is 1. The van der Waals surface area contributed by atoms with E-state index in [2.05, 4.69) is 27.2 Å². The molecule has 0 radical (unpaired) electrons. The van der Waals surface area contributed by atoms with Gasteiger partial charge in [0.2, 0.25) is 0 Å². The fraction of sp³-hybridized carbons (Fsp3) is 0.370. The quantitative estimate of drug-likeness (QED) is 0.449. The molecule has 0 unspecified atom stereocenters. The summed E-state index contributed by atoms with van der Waals surface area (Å²) in [5, 5.41) is 28.1. The molecule has 38 heavy (non-hydrogen) atoms. The van der Waals surface area contributed by atoms with E-state index < -0.39 is 0 Å². The van der Waals surface area contributed by atoms with Crippen LogP contribution in [0.25, 0.3) is 27.8 Å². The summed E-state index contributed by atoms with van der Waals surface area (Å²) < 4.78 is 3.49. The fourth-order valence-electron chi connectivity index (χ4n) is 5.27. The minimum Gasteiger partial charge on any atom is -0.393 e. The van der Waals surface area contributed by atoms with Gasteiger partial charge in [0.25, 0.3) is 0 Å². The van der Waals surface area contributed by atoms with Crippen molar-refractivity contribution < 1.29 is 9.90 Å². The Morgan fingerprint density at radius 2 is 1.71 bits per heavy atom. The van der Waals surface area contributed by atoms with Gasteiger partial charge in [-0.15, -0.1) is 0 Å². The van der Waals surface area contributed by atoms with E-state index in [1.807, 2.05) is 47.6 Å². The molecule has 6 heterocycles. The van der Waals surface area contributed by atoms with Crippen LogP contribution in [-0.2, 0) is 7.05 Å². The molecular formula is C27H29N9O2. The number of piperazine rings is 1. The average molecular weight is 512 g/mol. The van der Waals surface area contributed by atoms with Crippen molar-refractivity contribution in [1.29, 1.82) is 5.26 Å². The van der Waals surface area contributed by atoms with Crippen LogP contribution in [-0.4, -0.2) is 90.7 Å². The number of pyridine rings is 2. The Morgan fingerprint density at radius 1 is 0.947 bits per heavy atom. The van der Waals surface area contributed by atoms with Crippen molar-refractivity contribution in [2.45, 2.75) is 18.9 Å². The summed E-state index contributed by atoms with van der Waals surface area (Å²) in [6.07, 6.45) is 10.1. The first kappa shape index (κ1) is 23.9. The molecule has 11 heteroatoms. The van der Waals surface area contributed by atoms with Gasteiger partial charge >= 0.3 is 6.03 Å². The second kappa shape index (κ2) is 9.79. The summed E-state index contributed by atoms with van der Waals surface area (Å²) in [5.74, 6) is 0.857. The zero-order valence-electron chi connectivity index (χ0n) is 21.2. The molecule has 4 aromatic rings. The number of carbonyl (C=O) groups is 1. The maximum atomic E-state index is 12.9. The van der Waals surface area contributed by atoms with Crippen LogP contribution in [0.4, 0.5) is 10.6 Å². The Bertz CT molecular complexity index is 1500. The van der Waals surface area contributed by atoms with Gasteiger partial charge in [-0.3, -0.25) is 4.68 Å².